The van der Waals surface area contributed by atoms with E-state index in [1.165, 1.54) is 0 Å². The lowest BCUT2D eigenvalue weighted by Crippen LogP contribution is -2.06. The molecular formula is C11H6BrClINO2. The van der Waals surface area contributed by atoms with E-state index in [1.807, 2.05) is 0 Å². The molecule has 1 N–H and O–H groups in total. The number of aromatic carboxylic acids is 1. The van der Waals surface area contributed by atoms with Gasteiger partial charge in [-0.25, -0.2) is 4.79 Å². The molecule has 1 aromatic heterocycles. The molecule has 0 aliphatic rings. The monoisotopic (exact) mass is 425 g/mol. The topological polar surface area (TPSA) is 42.2 Å². The van der Waals surface area contributed by atoms with Crippen LogP contribution in [0.25, 0.3) is 5.69 Å². The molecule has 17 heavy (non-hydrogen) atoms. The second-order valence-corrected chi connectivity index (χ2v) is 5.74. The van der Waals surface area contributed by atoms with E-state index in [-0.39, 0.29) is 5.69 Å². The Morgan fingerprint density at radius 2 is 2.18 bits per heavy atom. The number of aromatic nitrogens is 1. The maximum atomic E-state index is 11.1. The van der Waals surface area contributed by atoms with Crippen molar-refractivity contribution in [2.45, 2.75) is 0 Å². The normalized spacial score (nSPS) is 10.5. The highest BCUT2D eigenvalue weighted by Gasteiger charge is 2.15. The Morgan fingerprint density at radius 3 is 2.82 bits per heavy atom. The minimum absolute atomic E-state index is 0.206. The summed E-state index contributed by atoms with van der Waals surface area (Å²) >= 11 is 11.4. The molecule has 0 amide bonds. The van der Waals surface area contributed by atoms with Gasteiger partial charge in [-0.3, -0.25) is 0 Å². The van der Waals surface area contributed by atoms with Gasteiger partial charge in [0.25, 0.3) is 0 Å². The maximum absolute atomic E-state index is 11.1. The fourth-order valence-corrected chi connectivity index (χ4v) is 2.67. The molecule has 3 nitrogen and oxygen atoms in total. The third-order valence-electron chi connectivity index (χ3n) is 2.20. The second-order valence-electron chi connectivity index (χ2n) is 3.29. The van der Waals surface area contributed by atoms with E-state index in [1.54, 1.807) is 35.0 Å². The number of benzene rings is 1. The van der Waals surface area contributed by atoms with Crippen molar-refractivity contribution in [1.29, 1.82) is 0 Å². The van der Waals surface area contributed by atoms with E-state index in [0.717, 1.165) is 3.57 Å². The molecule has 0 saturated carbocycles. The number of hydrogen-bond donors (Lipinski definition) is 1. The smallest absolute Gasteiger partial charge is 0.352 e. The van der Waals surface area contributed by atoms with Crippen LogP contribution in [0.1, 0.15) is 10.5 Å². The number of carboxylic acid groups (broad SMARTS) is 1. The largest absolute Gasteiger partial charge is 0.477 e. The zero-order valence-electron chi connectivity index (χ0n) is 8.32. The van der Waals surface area contributed by atoms with Crippen molar-refractivity contribution in [3.63, 3.8) is 0 Å². The molecule has 0 radical (unpaired) electrons. The van der Waals surface area contributed by atoms with Crippen molar-refractivity contribution in [2.75, 3.05) is 0 Å². The molecule has 2 rings (SSSR count). The van der Waals surface area contributed by atoms with Crippen LogP contribution in [-0.4, -0.2) is 15.6 Å². The van der Waals surface area contributed by atoms with E-state index in [0.29, 0.717) is 15.2 Å². The summed E-state index contributed by atoms with van der Waals surface area (Å²) in [6, 6.07) is 6.93. The lowest BCUT2D eigenvalue weighted by atomic mass is 10.3. The number of carbonyl (C=O) groups is 1. The molecule has 0 aliphatic heterocycles. The van der Waals surface area contributed by atoms with Gasteiger partial charge in [0.2, 0.25) is 0 Å². The van der Waals surface area contributed by atoms with E-state index < -0.39 is 5.97 Å². The Labute approximate surface area is 125 Å². The quantitative estimate of drug-likeness (QED) is 0.732. The highest BCUT2D eigenvalue weighted by atomic mass is 127. The van der Waals surface area contributed by atoms with Crippen LogP contribution in [0.4, 0.5) is 0 Å². The highest BCUT2D eigenvalue weighted by molar-refractivity contribution is 14.1. The average Bonchev–Trinajstić information content (AvgIpc) is 2.64. The zero-order chi connectivity index (χ0) is 12.6. The molecular weight excluding hydrogens is 420 g/mol. The number of rotatable bonds is 2. The van der Waals surface area contributed by atoms with E-state index in [2.05, 4.69) is 38.5 Å². The van der Waals surface area contributed by atoms with Gasteiger partial charge in [-0.15, -0.1) is 0 Å². The third-order valence-corrected chi connectivity index (χ3v) is 4.16. The van der Waals surface area contributed by atoms with Gasteiger partial charge in [0.05, 0.1) is 15.2 Å². The number of halogens is 3. The Balaban J connectivity index is 2.68. The van der Waals surface area contributed by atoms with E-state index in [4.69, 9.17) is 16.7 Å². The first-order valence-corrected chi connectivity index (χ1v) is 6.81. The lowest BCUT2D eigenvalue weighted by Gasteiger charge is -2.09. The van der Waals surface area contributed by atoms with Gasteiger partial charge in [0, 0.05) is 9.77 Å². The summed E-state index contributed by atoms with van der Waals surface area (Å²) in [5.74, 6) is -0.972. The van der Waals surface area contributed by atoms with Crippen LogP contribution >= 0.6 is 50.1 Å². The van der Waals surface area contributed by atoms with Crippen LogP contribution in [0.3, 0.4) is 0 Å². The molecule has 2 aromatic rings. The predicted octanol–water partition coefficient (Wildman–Crippen LogP) is 4.20. The molecule has 88 valence electrons. The number of hydrogen-bond acceptors (Lipinski definition) is 1. The SMILES string of the molecule is O=C(O)c1cc(I)cn1-c1cccc(Cl)c1Br. The van der Waals surface area contributed by atoms with Gasteiger partial charge < -0.3 is 9.67 Å². The van der Waals surface area contributed by atoms with Gasteiger partial charge in [-0.1, -0.05) is 17.7 Å². The van der Waals surface area contributed by atoms with Gasteiger partial charge in [-0.05, 0) is 56.7 Å². The fourth-order valence-electron chi connectivity index (χ4n) is 1.47. The van der Waals surface area contributed by atoms with Crippen molar-refractivity contribution >= 4 is 56.1 Å². The molecule has 0 bridgehead atoms. The summed E-state index contributed by atoms with van der Waals surface area (Å²) in [6.07, 6.45) is 1.75. The number of nitrogens with zero attached hydrogens (tertiary/aromatic N) is 1. The van der Waals surface area contributed by atoms with Crippen molar-refractivity contribution < 1.29 is 9.90 Å². The van der Waals surface area contributed by atoms with Gasteiger partial charge in [0.15, 0.2) is 0 Å². The van der Waals surface area contributed by atoms with Crippen molar-refractivity contribution in [2.24, 2.45) is 0 Å². The van der Waals surface area contributed by atoms with Gasteiger partial charge >= 0.3 is 5.97 Å². The van der Waals surface area contributed by atoms with E-state index in [9.17, 15) is 4.79 Å². The summed E-state index contributed by atoms with van der Waals surface area (Å²) in [7, 11) is 0. The molecule has 0 atom stereocenters. The minimum atomic E-state index is -0.972. The summed E-state index contributed by atoms with van der Waals surface area (Å²) in [5, 5.41) is 9.67. The Kier molecular flexibility index (Phi) is 3.79. The van der Waals surface area contributed by atoms with E-state index >= 15 is 0 Å². The molecule has 0 unspecified atom stereocenters. The predicted molar refractivity (Wildman–Crippen MR) is 78.2 cm³/mol. The molecule has 0 aliphatic carbocycles. The molecule has 0 spiro atoms. The Hall–Kier alpha value is -0.530. The summed E-state index contributed by atoms with van der Waals surface area (Å²) in [6.45, 7) is 0. The maximum Gasteiger partial charge on any atom is 0.352 e. The van der Waals surface area contributed by atoms with Crippen LogP contribution in [0.2, 0.25) is 5.02 Å². The van der Waals surface area contributed by atoms with Crippen LogP contribution < -0.4 is 0 Å². The fraction of sp³-hybridized carbons (Fsp3) is 0. The van der Waals surface area contributed by atoms with Gasteiger partial charge in [-0.2, -0.15) is 0 Å². The van der Waals surface area contributed by atoms with Crippen molar-refractivity contribution in [1.82, 2.24) is 4.57 Å². The standard InChI is InChI=1S/C11H6BrClINO2/c12-10-7(13)2-1-3-8(10)15-5-6(14)4-9(15)11(16)17/h1-5H,(H,16,17). The molecule has 0 fully saturated rings. The Bertz CT molecular complexity index is 597. The van der Waals surface area contributed by atoms with Gasteiger partial charge in [0.1, 0.15) is 5.69 Å². The Morgan fingerprint density at radius 1 is 1.47 bits per heavy atom. The first-order chi connectivity index (χ1) is 8.00. The molecule has 6 heteroatoms. The van der Waals surface area contributed by atoms with Crippen LogP contribution in [-0.2, 0) is 0 Å². The highest BCUT2D eigenvalue weighted by Crippen LogP contribution is 2.30. The summed E-state index contributed by atoms with van der Waals surface area (Å²) < 4.78 is 3.13. The van der Waals surface area contributed by atoms with Crippen LogP contribution in [0.5, 0.6) is 0 Å². The average molecular weight is 426 g/mol. The minimum Gasteiger partial charge on any atom is -0.477 e. The third kappa shape index (κ3) is 2.51. The van der Waals surface area contributed by atoms with Crippen molar-refractivity contribution in [3.8, 4) is 5.69 Å². The molecule has 1 heterocycles. The van der Waals surface area contributed by atoms with Crippen molar-refractivity contribution in [3.05, 3.63) is 49.2 Å². The first kappa shape index (κ1) is 12.9. The second kappa shape index (κ2) is 4.99. The summed E-state index contributed by atoms with van der Waals surface area (Å²) in [4.78, 5) is 11.1. The van der Waals surface area contributed by atoms with Crippen LogP contribution in [0.15, 0.2) is 34.9 Å². The zero-order valence-corrected chi connectivity index (χ0v) is 12.8. The number of carboxylic acids is 1. The molecule has 1 aromatic carbocycles. The van der Waals surface area contributed by atoms with Crippen LogP contribution in [0, 0.1) is 3.57 Å². The lowest BCUT2D eigenvalue weighted by molar-refractivity contribution is 0.0688. The molecule has 0 saturated heterocycles. The first-order valence-electron chi connectivity index (χ1n) is 4.56. The summed E-state index contributed by atoms with van der Waals surface area (Å²) in [5.41, 5.74) is 0.912.